The third-order valence-electron chi connectivity index (χ3n) is 3.27. The highest BCUT2D eigenvalue weighted by Gasteiger charge is 2.35. The monoisotopic (exact) mass is 189 g/mol. The van der Waals surface area contributed by atoms with Gasteiger partial charge in [-0.15, -0.1) is 0 Å². The molecule has 14 heavy (non-hydrogen) atoms. The third-order valence-corrected chi connectivity index (χ3v) is 3.27. The zero-order valence-electron chi connectivity index (χ0n) is 8.42. The van der Waals surface area contributed by atoms with Crippen LogP contribution in [0.3, 0.4) is 0 Å². The third kappa shape index (κ3) is 1.14. The topological polar surface area (TPSA) is 21.3 Å². The van der Waals surface area contributed by atoms with Gasteiger partial charge in [-0.05, 0) is 31.5 Å². The lowest BCUT2D eigenvalue weighted by molar-refractivity contribution is 0.177. The molecule has 1 N–H and O–H groups in total. The Hall–Kier alpha value is -1.02. The van der Waals surface area contributed by atoms with Crippen molar-refractivity contribution >= 4 is 0 Å². The fourth-order valence-electron chi connectivity index (χ4n) is 2.52. The number of ether oxygens (including phenoxy) is 1. The highest BCUT2D eigenvalue weighted by Crippen LogP contribution is 2.41. The molecule has 1 aromatic carbocycles. The summed E-state index contributed by atoms with van der Waals surface area (Å²) in [4.78, 5) is 0. The Morgan fingerprint density at radius 2 is 2.36 bits per heavy atom. The molecule has 0 aromatic heterocycles. The molecule has 2 aliphatic rings. The maximum Gasteiger partial charge on any atom is 0.123 e. The molecule has 0 bridgehead atoms. The molecule has 0 aliphatic carbocycles. The molecule has 2 aliphatic heterocycles. The van der Waals surface area contributed by atoms with Gasteiger partial charge in [0.15, 0.2) is 0 Å². The first-order valence-electron chi connectivity index (χ1n) is 5.32. The maximum absolute atomic E-state index is 5.93. The molecule has 2 heterocycles. The van der Waals surface area contributed by atoms with Crippen molar-refractivity contribution in [3.05, 3.63) is 29.3 Å². The molecule has 0 saturated carbocycles. The van der Waals surface area contributed by atoms with E-state index in [4.69, 9.17) is 4.74 Å². The molecule has 1 fully saturated rings. The lowest BCUT2D eigenvalue weighted by atomic mass is 9.89. The summed E-state index contributed by atoms with van der Waals surface area (Å²) in [6.45, 7) is 4.24. The van der Waals surface area contributed by atoms with Crippen molar-refractivity contribution in [2.45, 2.75) is 25.4 Å². The highest BCUT2D eigenvalue weighted by molar-refractivity contribution is 5.44. The van der Waals surface area contributed by atoms with E-state index in [1.807, 2.05) is 0 Å². The fourth-order valence-corrected chi connectivity index (χ4v) is 2.52. The minimum Gasteiger partial charge on any atom is -0.488 e. The van der Waals surface area contributed by atoms with Crippen LogP contribution < -0.4 is 10.1 Å². The van der Waals surface area contributed by atoms with E-state index < -0.39 is 0 Å². The molecule has 1 aromatic rings. The second-order valence-electron chi connectivity index (χ2n) is 4.30. The summed E-state index contributed by atoms with van der Waals surface area (Å²) in [5.41, 5.74) is 2.71. The van der Waals surface area contributed by atoms with E-state index in [2.05, 4.69) is 30.4 Å². The van der Waals surface area contributed by atoms with Crippen LogP contribution in [0.15, 0.2) is 18.2 Å². The smallest absolute Gasteiger partial charge is 0.123 e. The van der Waals surface area contributed by atoms with Crippen molar-refractivity contribution in [1.29, 1.82) is 0 Å². The number of benzene rings is 1. The van der Waals surface area contributed by atoms with Crippen molar-refractivity contribution in [3.8, 4) is 5.75 Å². The molecule has 0 amide bonds. The number of fused-ring (bicyclic) bond motifs is 3. The summed E-state index contributed by atoms with van der Waals surface area (Å²) in [7, 11) is 0. The Morgan fingerprint density at radius 3 is 3.29 bits per heavy atom. The predicted octanol–water partition coefficient (Wildman–Crippen LogP) is 1.83. The van der Waals surface area contributed by atoms with Gasteiger partial charge in [0.25, 0.3) is 0 Å². The van der Waals surface area contributed by atoms with Crippen molar-refractivity contribution in [2.75, 3.05) is 13.1 Å². The summed E-state index contributed by atoms with van der Waals surface area (Å²) in [5.74, 6) is 1.75. The van der Waals surface area contributed by atoms with E-state index in [9.17, 15) is 0 Å². The molecule has 2 atom stereocenters. The van der Waals surface area contributed by atoms with Crippen LogP contribution in [0, 0.1) is 6.92 Å². The van der Waals surface area contributed by atoms with Gasteiger partial charge in [-0.2, -0.15) is 0 Å². The van der Waals surface area contributed by atoms with Gasteiger partial charge >= 0.3 is 0 Å². The van der Waals surface area contributed by atoms with Crippen LogP contribution in [-0.2, 0) is 0 Å². The molecule has 1 saturated heterocycles. The summed E-state index contributed by atoms with van der Waals surface area (Å²) >= 11 is 0. The van der Waals surface area contributed by atoms with Crippen molar-refractivity contribution in [2.24, 2.45) is 0 Å². The van der Waals surface area contributed by atoms with Crippen LogP contribution in [-0.4, -0.2) is 19.2 Å². The van der Waals surface area contributed by atoms with Crippen LogP contribution in [0.2, 0.25) is 0 Å². The number of rotatable bonds is 0. The quantitative estimate of drug-likeness (QED) is 0.672. The first kappa shape index (κ1) is 8.30. The lowest BCUT2D eigenvalue weighted by Gasteiger charge is -2.24. The molecule has 0 radical (unpaired) electrons. The number of hydrogen-bond donors (Lipinski definition) is 1. The number of nitrogens with one attached hydrogen (secondary N) is 1. The normalized spacial score (nSPS) is 29.2. The van der Waals surface area contributed by atoms with Gasteiger partial charge in [0.05, 0.1) is 0 Å². The van der Waals surface area contributed by atoms with Crippen LogP contribution >= 0.6 is 0 Å². The van der Waals surface area contributed by atoms with Crippen molar-refractivity contribution in [3.63, 3.8) is 0 Å². The SMILES string of the molecule is Cc1ccc2c(c1)O[C@H]1CNCC[C@@H]21. The summed E-state index contributed by atoms with van der Waals surface area (Å²) in [6, 6.07) is 6.58. The number of hydrogen-bond acceptors (Lipinski definition) is 2. The first-order chi connectivity index (χ1) is 6.84. The molecule has 0 unspecified atom stereocenters. The van der Waals surface area contributed by atoms with Crippen LogP contribution in [0.4, 0.5) is 0 Å². The standard InChI is InChI=1S/C12H15NO/c1-8-2-3-9-10-4-5-13-7-12(10)14-11(9)6-8/h2-3,6,10,12-13H,4-5,7H2,1H3/t10-,12-/m0/s1. The molecular weight excluding hydrogens is 174 g/mol. The van der Waals surface area contributed by atoms with E-state index in [1.165, 1.54) is 17.5 Å². The Bertz CT molecular complexity index is 361. The van der Waals surface area contributed by atoms with Crippen LogP contribution in [0.5, 0.6) is 5.75 Å². The maximum atomic E-state index is 5.93. The van der Waals surface area contributed by atoms with Gasteiger partial charge in [-0.3, -0.25) is 0 Å². The van der Waals surface area contributed by atoms with Gasteiger partial charge in [0, 0.05) is 18.0 Å². The van der Waals surface area contributed by atoms with Crippen molar-refractivity contribution in [1.82, 2.24) is 5.32 Å². The number of aryl methyl sites for hydroxylation is 1. The minimum atomic E-state index is 0.376. The number of piperidine rings is 1. The van der Waals surface area contributed by atoms with E-state index >= 15 is 0 Å². The van der Waals surface area contributed by atoms with Gasteiger partial charge in [0.1, 0.15) is 11.9 Å². The fraction of sp³-hybridized carbons (Fsp3) is 0.500. The van der Waals surface area contributed by atoms with E-state index in [0.29, 0.717) is 12.0 Å². The molecule has 2 heteroatoms. The molecule has 0 spiro atoms. The van der Waals surface area contributed by atoms with E-state index in [1.54, 1.807) is 0 Å². The largest absolute Gasteiger partial charge is 0.488 e. The van der Waals surface area contributed by atoms with E-state index in [0.717, 1.165) is 18.8 Å². The lowest BCUT2D eigenvalue weighted by Crippen LogP contribution is -2.39. The van der Waals surface area contributed by atoms with E-state index in [-0.39, 0.29) is 0 Å². The van der Waals surface area contributed by atoms with Gasteiger partial charge in [0.2, 0.25) is 0 Å². The zero-order valence-corrected chi connectivity index (χ0v) is 8.42. The zero-order chi connectivity index (χ0) is 9.54. The Morgan fingerprint density at radius 1 is 1.43 bits per heavy atom. The van der Waals surface area contributed by atoms with Gasteiger partial charge in [-0.1, -0.05) is 12.1 Å². The van der Waals surface area contributed by atoms with Crippen LogP contribution in [0.25, 0.3) is 0 Å². The second-order valence-corrected chi connectivity index (χ2v) is 4.30. The van der Waals surface area contributed by atoms with Crippen LogP contribution in [0.1, 0.15) is 23.5 Å². The molecule has 2 nitrogen and oxygen atoms in total. The average Bonchev–Trinajstić information content (AvgIpc) is 2.54. The molecule has 3 rings (SSSR count). The Labute approximate surface area is 84.3 Å². The predicted molar refractivity (Wildman–Crippen MR) is 55.8 cm³/mol. The minimum absolute atomic E-state index is 0.376. The first-order valence-corrected chi connectivity index (χ1v) is 5.32. The molecule has 74 valence electrons. The summed E-state index contributed by atoms with van der Waals surface area (Å²) in [5, 5.41) is 3.38. The average molecular weight is 189 g/mol. The Balaban J connectivity index is 2.01. The van der Waals surface area contributed by atoms with Gasteiger partial charge < -0.3 is 10.1 Å². The van der Waals surface area contributed by atoms with Gasteiger partial charge in [-0.25, -0.2) is 0 Å². The highest BCUT2D eigenvalue weighted by atomic mass is 16.5. The molecular formula is C12H15NO. The summed E-state index contributed by atoms with van der Waals surface area (Å²) in [6.07, 6.45) is 1.58. The van der Waals surface area contributed by atoms with Crippen molar-refractivity contribution < 1.29 is 4.74 Å². The second kappa shape index (κ2) is 2.99. The Kier molecular flexibility index (Phi) is 1.77. The summed E-state index contributed by atoms with van der Waals surface area (Å²) < 4.78 is 5.93.